The molecule has 6 heteroatoms. The number of benzene rings is 2. The second-order valence-corrected chi connectivity index (χ2v) is 6.02. The minimum absolute atomic E-state index is 0.300. The summed E-state index contributed by atoms with van der Waals surface area (Å²) >= 11 is 6.09. The number of nitrogens with zero attached hydrogens (tertiary/aromatic N) is 1. The fraction of sp³-hybridized carbons (Fsp3) is 0.211. The molecule has 1 aliphatic rings. The number of carbonyl (C=O) groups excluding carboxylic acids is 2. The molecule has 128 valence electrons. The van der Waals surface area contributed by atoms with Crippen LogP contribution in [0, 0.1) is 0 Å². The van der Waals surface area contributed by atoms with Crippen LogP contribution in [0.2, 0.25) is 5.02 Å². The number of halogens is 1. The van der Waals surface area contributed by atoms with Crippen LogP contribution in [0.25, 0.3) is 0 Å². The third-order valence-electron chi connectivity index (χ3n) is 3.80. The third-order valence-corrected chi connectivity index (χ3v) is 4.11. The largest absolute Gasteiger partial charge is 0.462 e. The number of hydrogen-bond acceptors (Lipinski definition) is 4. The highest BCUT2D eigenvalue weighted by atomic mass is 35.5. The summed E-state index contributed by atoms with van der Waals surface area (Å²) in [6.07, 6.45) is 1.81. The summed E-state index contributed by atoms with van der Waals surface area (Å²) in [5.74, 6) is -0.658. The van der Waals surface area contributed by atoms with Crippen LogP contribution in [0.1, 0.15) is 35.7 Å². The van der Waals surface area contributed by atoms with E-state index in [2.05, 4.69) is 10.3 Å². The Bertz CT molecular complexity index is 844. The Balaban J connectivity index is 1.80. The third kappa shape index (κ3) is 3.72. The van der Waals surface area contributed by atoms with Crippen molar-refractivity contribution in [2.75, 3.05) is 11.9 Å². The number of amides is 1. The minimum atomic E-state index is -0.358. The smallest absolute Gasteiger partial charge is 0.338 e. The van der Waals surface area contributed by atoms with Crippen LogP contribution in [0.5, 0.6) is 0 Å². The van der Waals surface area contributed by atoms with Gasteiger partial charge in [0.15, 0.2) is 0 Å². The lowest BCUT2D eigenvalue weighted by molar-refractivity contribution is -0.110. The van der Waals surface area contributed by atoms with Crippen molar-refractivity contribution in [2.45, 2.75) is 19.8 Å². The second-order valence-electron chi connectivity index (χ2n) is 5.61. The van der Waals surface area contributed by atoms with Crippen LogP contribution in [-0.4, -0.2) is 24.2 Å². The van der Waals surface area contributed by atoms with E-state index in [9.17, 15) is 9.59 Å². The van der Waals surface area contributed by atoms with E-state index in [0.717, 1.165) is 12.8 Å². The van der Waals surface area contributed by atoms with Gasteiger partial charge in [-0.15, -0.1) is 0 Å². The number of hydrogen-bond donors (Lipinski definition) is 1. The highest BCUT2D eigenvalue weighted by molar-refractivity contribution is 6.55. The van der Waals surface area contributed by atoms with Gasteiger partial charge in [0.25, 0.3) is 5.91 Å². The molecule has 25 heavy (non-hydrogen) atoms. The lowest BCUT2D eigenvalue weighted by atomic mass is 10.1. The molecule has 0 unspecified atom stereocenters. The Morgan fingerprint density at radius 1 is 1.20 bits per heavy atom. The second kappa shape index (κ2) is 7.49. The molecule has 2 aromatic carbocycles. The standard InChI is InChI=1S/C19H17ClN2O3/c1-2-3-11-25-19(24)12-7-9-13(10-8-12)21-17-14-5-4-6-15(20)16(14)22-18(17)23/h4-10H,2-3,11H2,1H3,(H,21,22,23). The Kier molecular flexibility index (Phi) is 5.14. The molecule has 0 saturated carbocycles. The van der Waals surface area contributed by atoms with Crippen molar-refractivity contribution in [1.82, 2.24) is 0 Å². The van der Waals surface area contributed by atoms with Crippen LogP contribution in [0.3, 0.4) is 0 Å². The van der Waals surface area contributed by atoms with E-state index in [0.29, 0.717) is 39.8 Å². The minimum Gasteiger partial charge on any atom is -0.462 e. The summed E-state index contributed by atoms with van der Waals surface area (Å²) in [5, 5.41) is 3.19. The van der Waals surface area contributed by atoms with E-state index in [-0.39, 0.29) is 11.9 Å². The van der Waals surface area contributed by atoms with E-state index in [1.54, 1.807) is 42.5 Å². The topological polar surface area (TPSA) is 67.8 Å². The van der Waals surface area contributed by atoms with Crippen molar-refractivity contribution in [1.29, 1.82) is 0 Å². The highest BCUT2D eigenvalue weighted by Gasteiger charge is 2.27. The van der Waals surface area contributed by atoms with E-state index in [1.165, 1.54) is 0 Å². The number of nitrogens with one attached hydrogen (secondary N) is 1. The lowest BCUT2D eigenvalue weighted by Gasteiger charge is -2.04. The average Bonchev–Trinajstić information content (AvgIpc) is 2.93. The van der Waals surface area contributed by atoms with Crippen LogP contribution >= 0.6 is 11.6 Å². The monoisotopic (exact) mass is 356 g/mol. The van der Waals surface area contributed by atoms with Crippen LogP contribution in [0.4, 0.5) is 11.4 Å². The summed E-state index contributed by atoms with van der Waals surface area (Å²) < 4.78 is 5.16. The van der Waals surface area contributed by atoms with Crippen LogP contribution < -0.4 is 5.32 Å². The molecule has 0 aromatic heterocycles. The fourth-order valence-corrected chi connectivity index (χ4v) is 2.67. The first kappa shape index (κ1) is 17.2. The maximum Gasteiger partial charge on any atom is 0.338 e. The van der Waals surface area contributed by atoms with E-state index < -0.39 is 0 Å². The molecule has 0 saturated heterocycles. The number of carbonyl (C=O) groups is 2. The average molecular weight is 357 g/mol. The van der Waals surface area contributed by atoms with Gasteiger partial charge in [-0.25, -0.2) is 9.79 Å². The highest BCUT2D eigenvalue weighted by Crippen LogP contribution is 2.32. The normalized spacial score (nSPS) is 14.3. The van der Waals surface area contributed by atoms with Gasteiger partial charge in [0.05, 0.1) is 28.6 Å². The number of esters is 1. The molecular weight excluding hydrogens is 340 g/mol. The Morgan fingerprint density at radius 3 is 2.68 bits per heavy atom. The van der Waals surface area contributed by atoms with Crippen LogP contribution in [-0.2, 0) is 9.53 Å². The molecule has 0 atom stereocenters. The van der Waals surface area contributed by atoms with Crippen molar-refractivity contribution in [3.05, 3.63) is 58.6 Å². The maximum atomic E-state index is 12.1. The van der Waals surface area contributed by atoms with Crippen molar-refractivity contribution < 1.29 is 14.3 Å². The molecule has 1 aliphatic heterocycles. The zero-order valence-electron chi connectivity index (χ0n) is 13.7. The Morgan fingerprint density at radius 2 is 1.96 bits per heavy atom. The molecule has 0 aliphatic carbocycles. The van der Waals surface area contributed by atoms with Gasteiger partial charge >= 0.3 is 5.97 Å². The summed E-state index contributed by atoms with van der Waals surface area (Å²) in [6, 6.07) is 11.9. The van der Waals surface area contributed by atoms with Gasteiger partial charge in [-0.05, 0) is 36.8 Å². The summed E-state index contributed by atoms with van der Waals surface area (Å²) in [4.78, 5) is 28.4. The van der Waals surface area contributed by atoms with Gasteiger partial charge in [0.1, 0.15) is 5.71 Å². The molecule has 2 aromatic rings. The number of aliphatic imine (C=N–C) groups is 1. The first-order valence-corrected chi connectivity index (χ1v) is 8.44. The fourth-order valence-electron chi connectivity index (χ4n) is 2.45. The number of ether oxygens (including phenoxy) is 1. The predicted molar refractivity (Wildman–Crippen MR) is 97.9 cm³/mol. The molecule has 0 radical (unpaired) electrons. The molecule has 0 fully saturated rings. The first-order valence-electron chi connectivity index (χ1n) is 8.06. The predicted octanol–water partition coefficient (Wildman–Crippen LogP) is 4.37. The number of unbranched alkanes of at least 4 members (excludes halogenated alkanes) is 1. The van der Waals surface area contributed by atoms with E-state index >= 15 is 0 Å². The number of rotatable bonds is 5. The zero-order chi connectivity index (χ0) is 17.8. The maximum absolute atomic E-state index is 12.1. The summed E-state index contributed by atoms with van der Waals surface area (Å²) in [5.41, 5.74) is 2.57. The SMILES string of the molecule is CCCCOC(=O)c1ccc(N=C2C(=O)Nc3c(Cl)cccc32)cc1. The Labute approximate surface area is 150 Å². The van der Waals surface area contributed by atoms with Gasteiger partial charge in [-0.2, -0.15) is 0 Å². The van der Waals surface area contributed by atoms with Gasteiger partial charge in [0.2, 0.25) is 0 Å². The van der Waals surface area contributed by atoms with Crippen molar-refractivity contribution >= 4 is 40.6 Å². The molecule has 1 heterocycles. The molecule has 1 amide bonds. The molecular formula is C19H17ClN2O3. The van der Waals surface area contributed by atoms with Gasteiger partial charge in [-0.1, -0.05) is 37.1 Å². The van der Waals surface area contributed by atoms with Crippen molar-refractivity contribution in [3.8, 4) is 0 Å². The Hall–Kier alpha value is -2.66. The van der Waals surface area contributed by atoms with E-state index in [4.69, 9.17) is 16.3 Å². The van der Waals surface area contributed by atoms with Gasteiger partial charge < -0.3 is 10.1 Å². The number of anilines is 1. The molecule has 5 nitrogen and oxygen atoms in total. The van der Waals surface area contributed by atoms with Crippen molar-refractivity contribution in [2.24, 2.45) is 4.99 Å². The lowest BCUT2D eigenvalue weighted by Crippen LogP contribution is -2.13. The molecule has 0 spiro atoms. The quantitative estimate of drug-likeness (QED) is 0.639. The zero-order valence-corrected chi connectivity index (χ0v) is 14.5. The summed E-state index contributed by atoms with van der Waals surface area (Å²) in [7, 11) is 0. The number of para-hydroxylation sites is 1. The van der Waals surface area contributed by atoms with Gasteiger partial charge in [-0.3, -0.25) is 4.79 Å². The number of fused-ring (bicyclic) bond motifs is 1. The van der Waals surface area contributed by atoms with Crippen LogP contribution in [0.15, 0.2) is 47.5 Å². The molecule has 3 rings (SSSR count). The van der Waals surface area contributed by atoms with E-state index in [1.807, 2.05) is 6.92 Å². The van der Waals surface area contributed by atoms with Crippen molar-refractivity contribution in [3.63, 3.8) is 0 Å². The first-order chi connectivity index (χ1) is 12.1. The molecule has 1 N–H and O–H groups in total. The summed E-state index contributed by atoms with van der Waals surface area (Å²) in [6.45, 7) is 2.45. The van der Waals surface area contributed by atoms with Gasteiger partial charge in [0, 0.05) is 5.56 Å². The molecule has 0 bridgehead atoms.